The van der Waals surface area contributed by atoms with E-state index in [-0.39, 0.29) is 4.90 Å². The normalized spacial score (nSPS) is 11.8. The van der Waals surface area contributed by atoms with Crippen LogP contribution >= 0.6 is 23.2 Å². The molecule has 1 aromatic heterocycles. The minimum absolute atomic E-state index is 0.157. The molecule has 0 atom stereocenters. The number of halogens is 2. The summed E-state index contributed by atoms with van der Waals surface area (Å²) in [6.07, 6.45) is 2.20. The molecule has 0 unspecified atom stereocenters. The average molecular weight is 430 g/mol. The lowest BCUT2D eigenvalue weighted by Gasteiger charge is -2.10. The van der Waals surface area contributed by atoms with Gasteiger partial charge in [0, 0.05) is 21.6 Å². The molecule has 0 saturated carbocycles. The molecule has 0 radical (unpaired) electrons. The largest absolute Gasteiger partial charge is 0.268 e. The van der Waals surface area contributed by atoms with Gasteiger partial charge in [-0.15, -0.1) is 0 Å². The van der Waals surface area contributed by atoms with E-state index >= 15 is 0 Å². The molecule has 0 N–H and O–H groups in total. The molecular formula is C22H17Cl2NO2S. The molecule has 0 fully saturated rings. The lowest BCUT2D eigenvalue weighted by atomic mass is 10.0. The minimum atomic E-state index is -3.74. The van der Waals surface area contributed by atoms with Gasteiger partial charge in [0.25, 0.3) is 10.0 Å². The van der Waals surface area contributed by atoms with E-state index in [4.69, 9.17) is 23.2 Å². The van der Waals surface area contributed by atoms with Gasteiger partial charge in [-0.1, -0.05) is 53.5 Å². The second-order valence-corrected chi connectivity index (χ2v) is 9.40. The number of benzene rings is 3. The third-order valence-electron chi connectivity index (χ3n) is 4.68. The molecule has 0 aliphatic rings. The molecule has 0 aliphatic carbocycles. The van der Waals surface area contributed by atoms with Gasteiger partial charge in [-0.05, 0) is 66.4 Å². The number of hydrogen-bond acceptors (Lipinski definition) is 2. The summed E-state index contributed by atoms with van der Waals surface area (Å²) >= 11 is 12.3. The van der Waals surface area contributed by atoms with Crippen LogP contribution in [-0.2, 0) is 16.4 Å². The van der Waals surface area contributed by atoms with E-state index in [1.165, 1.54) is 10.0 Å². The first-order chi connectivity index (χ1) is 13.3. The fourth-order valence-electron chi connectivity index (χ4n) is 3.23. The van der Waals surface area contributed by atoms with Gasteiger partial charge in [-0.3, -0.25) is 0 Å². The second-order valence-electron chi connectivity index (χ2n) is 6.74. The van der Waals surface area contributed by atoms with Gasteiger partial charge in [-0.2, -0.15) is 0 Å². The third kappa shape index (κ3) is 3.55. The predicted octanol–water partition coefficient (Wildman–Crippen LogP) is 6.08. The molecule has 0 spiro atoms. The minimum Gasteiger partial charge on any atom is -0.241 e. The highest BCUT2D eigenvalue weighted by molar-refractivity contribution is 7.90. The van der Waals surface area contributed by atoms with E-state index in [1.54, 1.807) is 30.5 Å². The van der Waals surface area contributed by atoms with Gasteiger partial charge in [0.2, 0.25) is 0 Å². The highest BCUT2D eigenvalue weighted by Gasteiger charge is 2.19. The maximum atomic E-state index is 13.1. The van der Waals surface area contributed by atoms with Crippen LogP contribution in [-0.4, -0.2) is 12.4 Å². The monoisotopic (exact) mass is 429 g/mol. The number of aromatic nitrogens is 1. The number of rotatable bonds is 4. The molecule has 28 heavy (non-hydrogen) atoms. The van der Waals surface area contributed by atoms with E-state index < -0.39 is 10.0 Å². The molecule has 4 aromatic rings. The van der Waals surface area contributed by atoms with Crippen molar-refractivity contribution in [3.05, 3.63) is 99.7 Å². The molecular weight excluding hydrogens is 413 g/mol. The van der Waals surface area contributed by atoms with Crippen molar-refractivity contribution in [2.75, 3.05) is 0 Å². The van der Waals surface area contributed by atoms with Crippen molar-refractivity contribution in [1.82, 2.24) is 3.97 Å². The fourth-order valence-corrected chi connectivity index (χ4v) is 5.17. The standard InChI is InChI=1S/C22H17Cl2NO2S/c1-15-5-7-18(21(24)11-15)12-16-6-8-17-9-10-25(22(17)13-16)28(26,27)20-4-2-3-19(23)14-20/h2-11,13-14H,12H2,1H3. The van der Waals surface area contributed by atoms with E-state index in [1.807, 2.05) is 43.3 Å². The first-order valence-corrected chi connectivity index (χ1v) is 10.9. The molecule has 0 saturated heterocycles. The summed E-state index contributed by atoms with van der Waals surface area (Å²) in [6, 6.07) is 19.8. The van der Waals surface area contributed by atoms with Crippen molar-refractivity contribution in [2.45, 2.75) is 18.2 Å². The zero-order chi connectivity index (χ0) is 19.9. The molecule has 0 amide bonds. The number of aryl methyl sites for hydroxylation is 1. The molecule has 142 valence electrons. The number of nitrogens with zero attached hydrogens (tertiary/aromatic N) is 1. The van der Waals surface area contributed by atoms with E-state index in [2.05, 4.69) is 0 Å². The number of hydrogen-bond donors (Lipinski definition) is 0. The van der Waals surface area contributed by atoms with Gasteiger partial charge in [0.15, 0.2) is 0 Å². The Bertz CT molecular complexity index is 1290. The van der Waals surface area contributed by atoms with Crippen LogP contribution < -0.4 is 0 Å². The van der Waals surface area contributed by atoms with Crippen LogP contribution in [0.3, 0.4) is 0 Å². The summed E-state index contributed by atoms with van der Waals surface area (Å²) in [6.45, 7) is 2.00. The summed E-state index contributed by atoms with van der Waals surface area (Å²) in [5, 5.41) is 1.94. The second kappa shape index (κ2) is 7.28. The predicted molar refractivity (Wildman–Crippen MR) is 115 cm³/mol. The summed E-state index contributed by atoms with van der Waals surface area (Å²) in [5.41, 5.74) is 3.72. The quantitative estimate of drug-likeness (QED) is 0.393. The lowest BCUT2D eigenvalue weighted by molar-refractivity contribution is 0.589. The Hall–Kier alpha value is -2.27. The molecule has 3 nitrogen and oxygen atoms in total. The van der Waals surface area contributed by atoms with E-state index in [9.17, 15) is 8.42 Å². The Kier molecular flexibility index (Phi) is 4.96. The van der Waals surface area contributed by atoms with Crippen LogP contribution in [0.1, 0.15) is 16.7 Å². The van der Waals surface area contributed by atoms with Crippen molar-refractivity contribution >= 4 is 44.1 Å². The van der Waals surface area contributed by atoms with Gasteiger partial charge in [-0.25, -0.2) is 12.4 Å². The Labute approximate surface area is 174 Å². The first-order valence-electron chi connectivity index (χ1n) is 8.71. The Morgan fingerprint density at radius 3 is 2.50 bits per heavy atom. The third-order valence-corrected chi connectivity index (χ3v) is 6.95. The van der Waals surface area contributed by atoms with Crippen LogP contribution in [0.4, 0.5) is 0 Å². The van der Waals surface area contributed by atoms with E-state index in [0.29, 0.717) is 22.0 Å². The Morgan fingerprint density at radius 1 is 0.929 bits per heavy atom. The van der Waals surface area contributed by atoms with Crippen molar-refractivity contribution in [1.29, 1.82) is 0 Å². The molecule has 6 heteroatoms. The summed E-state index contributed by atoms with van der Waals surface area (Å²) in [7, 11) is -3.74. The molecule has 1 heterocycles. The Balaban J connectivity index is 1.78. The first kappa shape index (κ1) is 19.1. The topological polar surface area (TPSA) is 39.1 Å². The summed E-state index contributed by atoms with van der Waals surface area (Å²) in [4.78, 5) is 0.157. The highest BCUT2D eigenvalue weighted by Crippen LogP contribution is 2.27. The van der Waals surface area contributed by atoms with Gasteiger partial charge >= 0.3 is 0 Å². The molecule has 4 rings (SSSR count). The maximum absolute atomic E-state index is 13.1. The molecule has 3 aromatic carbocycles. The highest BCUT2D eigenvalue weighted by atomic mass is 35.5. The SMILES string of the molecule is Cc1ccc(Cc2ccc3ccn(S(=O)(=O)c4cccc(Cl)c4)c3c2)c(Cl)c1. The smallest absolute Gasteiger partial charge is 0.241 e. The zero-order valence-electron chi connectivity index (χ0n) is 15.1. The van der Waals surface area contributed by atoms with E-state index in [0.717, 1.165) is 22.1 Å². The van der Waals surface area contributed by atoms with Crippen LogP contribution in [0.15, 0.2) is 77.8 Å². The van der Waals surface area contributed by atoms with Gasteiger partial charge in [0.1, 0.15) is 0 Å². The average Bonchev–Trinajstić information content (AvgIpc) is 3.08. The van der Waals surface area contributed by atoms with Crippen LogP contribution in [0.5, 0.6) is 0 Å². The van der Waals surface area contributed by atoms with Crippen molar-refractivity contribution in [2.24, 2.45) is 0 Å². The summed E-state index contributed by atoms with van der Waals surface area (Å²) in [5.74, 6) is 0. The van der Waals surface area contributed by atoms with Gasteiger partial charge in [0.05, 0.1) is 10.4 Å². The molecule has 0 bridgehead atoms. The van der Waals surface area contributed by atoms with Crippen LogP contribution in [0.2, 0.25) is 10.0 Å². The van der Waals surface area contributed by atoms with Crippen molar-refractivity contribution < 1.29 is 8.42 Å². The van der Waals surface area contributed by atoms with Crippen LogP contribution in [0, 0.1) is 6.92 Å². The van der Waals surface area contributed by atoms with Crippen molar-refractivity contribution in [3.63, 3.8) is 0 Å². The number of fused-ring (bicyclic) bond motifs is 1. The van der Waals surface area contributed by atoms with Gasteiger partial charge < -0.3 is 0 Å². The summed E-state index contributed by atoms with van der Waals surface area (Å²) < 4.78 is 27.5. The maximum Gasteiger partial charge on any atom is 0.268 e. The fraction of sp³-hybridized carbons (Fsp3) is 0.0909. The molecule has 0 aliphatic heterocycles. The van der Waals surface area contributed by atoms with Crippen molar-refractivity contribution in [3.8, 4) is 0 Å². The van der Waals surface area contributed by atoms with Crippen LogP contribution in [0.25, 0.3) is 10.9 Å². The Morgan fingerprint density at radius 2 is 1.75 bits per heavy atom. The lowest BCUT2D eigenvalue weighted by Crippen LogP contribution is -2.11. The zero-order valence-corrected chi connectivity index (χ0v) is 17.4.